The molecule has 6 rings (SSSR count). The van der Waals surface area contributed by atoms with Gasteiger partial charge in [-0.3, -0.25) is 23.2 Å². The van der Waals surface area contributed by atoms with Gasteiger partial charge in [0.15, 0.2) is 11.6 Å². The number of carbonyl (C=O) groups excluding carboxylic acids is 2. The molecule has 0 aliphatic carbocycles. The Labute approximate surface area is 378 Å². The van der Waals surface area contributed by atoms with E-state index in [9.17, 15) is 39.4 Å². The highest BCUT2D eigenvalue weighted by Gasteiger charge is 2.22. The molecule has 0 fully saturated rings. The zero-order valence-corrected chi connectivity index (χ0v) is 37.8. The van der Waals surface area contributed by atoms with Gasteiger partial charge in [0, 0.05) is 32.7 Å². The van der Waals surface area contributed by atoms with E-state index in [-0.39, 0.29) is 35.0 Å². The maximum Gasteiger partial charge on any atom is 0.298 e. The van der Waals surface area contributed by atoms with Gasteiger partial charge in [0.05, 0.1) is 31.7 Å². The number of carbonyl (C=O) groups is 2. The molecule has 0 atom stereocenters. The van der Waals surface area contributed by atoms with Gasteiger partial charge in [0.25, 0.3) is 30.4 Å². The molecule has 0 bridgehead atoms. The first-order chi connectivity index (χ1) is 30.5. The van der Waals surface area contributed by atoms with E-state index in [2.05, 4.69) is 9.37 Å². The summed E-state index contributed by atoms with van der Waals surface area (Å²) in [5, 5.41) is 12.6. The third-order valence-electron chi connectivity index (χ3n) is 8.14. The Morgan fingerprint density at radius 3 is 1.46 bits per heavy atom. The lowest BCUT2D eigenvalue weighted by Crippen LogP contribution is -2.07. The van der Waals surface area contributed by atoms with Gasteiger partial charge in [-0.05, 0) is 104 Å². The first-order valence-electron chi connectivity index (χ1n) is 18.2. The third kappa shape index (κ3) is 17.7. The lowest BCUT2D eigenvalue weighted by molar-refractivity contribution is -0.432. The van der Waals surface area contributed by atoms with Gasteiger partial charge in [0.2, 0.25) is 0 Å². The predicted molar refractivity (Wildman–Crippen MR) is 237 cm³/mol. The van der Waals surface area contributed by atoms with E-state index in [4.69, 9.17) is 33.3 Å². The van der Waals surface area contributed by atoms with Crippen molar-refractivity contribution in [1.29, 1.82) is 0 Å². The van der Waals surface area contributed by atoms with Gasteiger partial charge >= 0.3 is 0 Å². The quantitative estimate of drug-likeness (QED) is 0.0233. The lowest BCUT2D eigenvalue weighted by atomic mass is 10.0. The Morgan fingerprint density at radius 1 is 0.554 bits per heavy atom. The van der Waals surface area contributed by atoms with Gasteiger partial charge in [-0.15, -0.1) is 4.33 Å². The fourth-order valence-electron chi connectivity index (χ4n) is 5.26. The summed E-state index contributed by atoms with van der Waals surface area (Å²) in [6.45, 7) is 1.95. The number of hydrogen-bond acceptors (Lipinski definition) is 16. The minimum absolute atomic E-state index is 0.00434. The second-order valence-electron chi connectivity index (χ2n) is 13.3. The van der Waals surface area contributed by atoms with Crippen LogP contribution in [0.15, 0.2) is 143 Å². The fraction of sp³-hybridized carbons (Fsp3) is 0.116. The van der Waals surface area contributed by atoms with Crippen molar-refractivity contribution < 1.29 is 82.1 Å². The monoisotopic (exact) mass is 972 g/mol. The molecule has 6 aromatic carbocycles. The van der Waals surface area contributed by atoms with Crippen LogP contribution in [0.5, 0.6) is 34.5 Å². The summed E-state index contributed by atoms with van der Waals surface area (Å²) in [4.78, 5) is 26.2. The number of methoxy groups -OCH3 is 1. The molecule has 0 spiro atoms. The number of benzene rings is 6. The maximum absolute atomic E-state index is 13.6. The maximum atomic E-state index is 13.6. The number of aryl methyl sites for hydroxylation is 1. The molecule has 6 aromatic rings. The van der Waals surface area contributed by atoms with Crippen molar-refractivity contribution >= 4 is 54.0 Å². The normalized spacial score (nSPS) is 11.2. The fourth-order valence-corrected chi connectivity index (χ4v) is 6.42. The first-order valence-corrected chi connectivity index (χ1v) is 24.1. The Hall–Kier alpha value is -6.18. The standard InChI is InChI=1S/C41H32O12S2.2CH4O3S/c1-26-3-5-27(6-4-26)40(42)28-9-12-33(13-10-28)49-25-31-8-7-29(23-38(31)54-53-52-44)41(43)30-11-22-37(39(24-30)55(45,46)47)51-36-20-18-35(19-21-36)50-34-16-14-32(48-2)15-17-34;2*1-5(2,3)4/h3-24,44H,25H2,1-2H3,(H,45,46,47);2*1H3,(H,2,3,4). The van der Waals surface area contributed by atoms with Crippen LogP contribution in [0.4, 0.5) is 0 Å². The van der Waals surface area contributed by atoms with Crippen LogP contribution in [0.2, 0.25) is 0 Å². The molecule has 0 radical (unpaired) electrons. The number of ether oxygens (including phenoxy) is 4. The van der Waals surface area contributed by atoms with E-state index in [1.165, 1.54) is 24.3 Å². The van der Waals surface area contributed by atoms with E-state index < -0.39 is 41.0 Å². The highest BCUT2D eigenvalue weighted by atomic mass is 32.2. The third-order valence-corrected chi connectivity index (χ3v) is 9.70. The summed E-state index contributed by atoms with van der Waals surface area (Å²) in [5.74, 6) is 1.51. The number of rotatable bonds is 16. The van der Waals surface area contributed by atoms with Gasteiger partial charge < -0.3 is 18.9 Å². The van der Waals surface area contributed by atoms with E-state index in [0.29, 0.717) is 69.1 Å². The van der Waals surface area contributed by atoms with Crippen molar-refractivity contribution in [2.45, 2.75) is 23.3 Å². The van der Waals surface area contributed by atoms with Crippen LogP contribution in [-0.2, 0) is 46.3 Å². The highest BCUT2D eigenvalue weighted by molar-refractivity contribution is 7.94. The molecule has 22 heteroatoms. The Kier molecular flexibility index (Phi) is 18.3. The molecular weight excluding hydrogens is 933 g/mol. The van der Waals surface area contributed by atoms with Crippen molar-refractivity contribution in [2.75, 3.05) is 19.6 Å². The van der Waals surface area contributed by atoms with Crippen LogP contribution in [-0.4, -0.2) is 75.4 Å². The van der Waals surface area contributed by atoms with Crippen LogP contribution in [0.3, 0.4) is 0 Å². The topological polar surface area (TPSA) is 273 Å². The summed E-state index contributed by atoms with van der Waals surface area (Å²) in [6, 6.07) is 35.4. The molecule has 344 valence electrons. The van der Waals surface area contributed by atoms with E-state index in [1.54, 1.807) is 98.1 Å². The Balaban J connectivity index is 0.000000834. The molecule has 0 saturated carbocycles. The molecule has 0 aromatic heterocycles. The molecule has 65 heavy (non-hydrogen) atoms. The van der Waals surface area contributed by atoms with Crippen molar-refractivity contribution in [3.63, 3.8) is 0 Å². The lowest BCUT2D eigenvalue weighted by Gasteiger charge is -2.13. The predicted octanol–water partition coefficient (Wildman–Crippen LogP) is 8.31. The minimum atomic E-state index is -4.85. The van der Waals surface area contributed by atoms with Gasteiger partial charge in [-0.1, -0.05) is 47.0 Å². The van der Waals surface area contributed by atoms with Crippen LogP contribution in [0.25, 0.3) is 0 Å². The summed E-state index contributed by atoms with van der Waals surface area (Å²) < 4.78 is 114. The second-order valence-corrected chi connectivity index (χ2v) is 18.4. The van der Waals surface area contributed by atoms with E-state index in [0.717, 1.165) is 11.6 Å². The Morgan fingerprint density at radius 2 is 0.969 bits per heavy atom. The zero-order valence-electron chi connectivity index (χ0n) is 34.5. The summed E-state index contributed by atoms with van der Waals surface area (Å²) in [6.07, 6.45) is 1.43. The number of hydrogen-bond donors (Lipinski definition) is 4. The minimum Gasteiger partial charge on any atom is -0.497 e. The van der Waals surface area contributed by atoms with Crippen molar-refractivity contribution in [3.05, 3.63) is 167 Å². The largest absolute Gasteiger partial charge is 0.497 e. The molecule has 0 amide bonds. The first kappa shape index (κ1) is 51.5. The number of ketones is 2. The van der Waals surface area contributed by atoms with Gasteiger partial charge in [-0.25, -0.2) is 5.26 Å². The molecule has 18 nitrogen and oxygen atoms in total. The van der Waals surface area contributed by atoms with E-state index in [1.807, 2.05) is 19.1 Å². The molecule has 0 aliphatic heterocycles. The average molecular weight is 973 g/mol. The molecule has 0 saturated heterocycles. The summed E-state index contributed by atoms with van der Waals surface area (Å²) in [7, 11) is -10.6. The van der Waals surface area contributed by atoms with Crippen molar-refractivity contribution in [1.82, 2.24) is 0 Å². The SMILES string of the molecule is COc1ccc(Oc2ccc(Oc3ccc(C(=O)c4ccc(COc5ccc(C(=O)c6ccc(C)cc6)cc5)c(SOOO)c4)cc3S(=O)(=O)O)cc2)cc1.CS(=O)(=O)O.CS(=O)(=O)O. The average Bonchev–Trinajstić information content (AvgIpc) is 3.24. The van der Waals surface area contributed by atoms with Crippen LogP contribution in [0.1, 0.15) is 43.0 Å². The van der Waals surface area contributed by atoms with E-state index >= 15 is 0 Å². The highest BCUT2D eigenvalue weighted by Crippen LogP contribution is 2.34. The molecule has 0 aliphatic rings. The van der Waals surface area contributed by atoms with Crippen molar-refractivity contribution in [2.24, 2.45) is 0 Å². The molecule has 4 N–H and O–H groups in total. The summed E-state index contributed by atoms with van der Waals surface area (Å²) >= 11 is 0.609. The van der Waals surface area contributed by atoms with Crippen LogP contribution < -0.4 is 18.9 Å². The van der Waals surface area contributed by atoms with Crippen LogP contribution in [0, 0.1) is 6.92 Å². The van der Waals surface area contributed by atoms with Crippen LogP contribution >= 0.6 is 12.0 Å². The van der Waals surface area contributed by atoms with Crippen molar-refractivity contribution in [3.8, 4) is 34.5 Å². The molecule has 0 unspecified atom stereocenters. The Bertz CT molecular complexity index is 2860. The zero-order chi connectivity index (χ0) is 48.0. The van der Waals surface area contributed by atoms with Gasteiger partial charge in [-0.2, -0.15) is 25.3 Å². The molecule has 0 heterocycles. The molecular formula is C43H40O18S4. The summed E-state index contributed by atoms with van der Waals surface area (Å²) in [5.41, 5.74) is 2.71. The van der Waals surface area contributed by atoms with Gasteiger partial charge in [0.1, 0.15) is 46.0 Å². The smallest absolute Gasteiger partial charge is 0.298 e. The second kappa shape index (κ2) is 23.1.